The number of halogens is 2. The number of rotatable bonds is 2. The maximum absolute atomic E-state index is 4.01. The minimum absolute atomic E-state index is 0. The fourth-order valence-corrected chi connectivity index (χ4v) is 3.06. The Bertz CT molecular complexity index is 404. The zero-order valence-corrected chi connectivity index (χ0v) is 11.4. The fourth-order valence-electron chi connectivity index (χ4n) is 1.30. The molecule has 1 N–H and O–H groups in total. The third-order valence-electron chi connectivity index (χ3n) is 2.12. The summed E-state index contributed by atoms with van der Waals surface area (Å²) in [5, 5.41) is 0. The Balaban J connectivity index is 0.000000980. The Kier molecular flexibility index (Phi) is 6.30. The second-order valence-corrected chi connectivity index (χ2v) is 5.14. The van der Waals surface area contributed by atoms with Crippen LogP contribution in [0, 0.1) is 6.92 Å². The molecule has 4 heteroatoms. The van der Waals surface area contributed by atoms with Gasteiger partial charge in [0.05, 0.1) is 0 Å². The summed E-state index contributed by atoms with van der Waals surface area (Å²) in [4.78, 5) is 3.30. The van der Waals surface area contributed by atoms with E-state index in [9.17, 15) is 0 Å². The van der Waals surface area contributed by atoms with Crippen molar-refractivity contribution in [3.8, 4) is 0 Å². The second kappa shape index (κ2) is 6.39. The van der Waals surface area contributed by atoms with Crippen LogP contribution in [0.25, 0.3) is 0 Å². The van der Waals surface area contributed by atoms with Gasteiger partial charge in [-0.3, -0.25) is 0 Å². The summed E-state index contributed by atoms with van der Waals surface area (Å²) < 4.78 is 2.85. The molecule has 0 saturated carbocycles. The Hall–Kier alpha value is -0.206. The molecular weight excluding hydrogens is 265 g/mol. The fraction of sp³-hybridized carbons (Fsp3) is 0.0909. The number of allylic oxidation sites excluding steroid dienone is 5. The molecule has 78 valence electrons. The summed E-state index contributed by atoms with van der Waals surface area (Å²) in [5.74, 6) is 0. The molecule has 0 saturated heterocycles. The van der Waals surface area contributed by atoms with E-state index in [4.69, 9.17) is 0 Å². The van der Waals surface area contributed by atoms with Crippen LogP contribution in [0.2, 0.25) is 0 Å². The van der Waals surface area contributed by atoms with E-state index >= 15 is 0 Å². The van der Waals surface area contributed by atoms with Crippen LogP contribution in [0.4, 0.5) is 0 Å². The quantitative estimate of drug-likeness (QED) is 0.531. The van der Waals surface area contributed by atoms with Crippen molar-refractivity contribution < 1.29 is 44.0 Å². The van der Waals surface area contributed by atoms with Crippen LogP contribution in [-0.4, -0.2) is 4.98 Å². The average Bonchev–Trinajstić information content (AvgIpc) is 2.65. The zero-order chi connectivity index (χ0) is 9.26. The van der Waals surface area contributed by atoms with Crippen LogP contribution in [0.15, 0.2) is 46.5 Å². The SMILES string of the molecule is C=C1C=CC=[C]1[Ti+2][c]1[nH]ccc1C.[Cl-].[Cl-]. The first kappa shape index (κ1) is 14.8. The van der Waals surface area contributed by atoms with E-state index in [-0.39, 0.29) is 44.0 Å². The number of hydrogen-bond acceptors (Lipinski definition) is 0. The number of hydrogen-bond donors (Lipinski definition) is 1. The first-order valence-electron chi connectivity index (χ1n) is 4.26. The van der Waals surface area contributed by atoms with Gasteiger partial charge in [-0.1, -0.05) is 0 Å². The molecular formula is C11H11Cl2NTi. The summed E-state index contributed by atoms with van der Waals surface area (Å²) in [5.41, 5.74) is 2.56. The van der Waals surface area contributed by atoms with Crippen LogP contribution < -0.4 is 28.8 Å². The molecule has 0 radical (unpaired) electrons. The Morgan fingerprint density at radius 2 is 2.07 bits per heavy atom. The maximum Gasteiger partial charge on any atom is -1.00 e. The zero-order valence-electron chi connectivity index (χ0n) is 8.35. The predicted molar refractivity (Wildman–Crippen MR) is 51.5 cm³/mol. The molecule has 0 amide bonds. The summed E-state index contributed by atoms with van der Waals surface area (Å²) in [6, 6.07) is 2.13. The molecule has 0 bridgehead atoms. The summed E-state index contributed by atoms with van der Waals surface area (Å²) in [7, 11) is 0. The second-order valence-electron chi connectivity index (χ2n) is 3.13. The van der Waals surface area contributed by atoms with Gasteiger partial charge in [-0.25, -0.2) is 0 Å². The normalized spacial score (nSPS) is 12.6. The van der Waals surface area contributed by atoms with Crippen LogP contribution in [-0.2, 0) is 19.2 Å². The maximum atomic E-state index is 4.01. The molecule has 0 aliphatic heterocycles. The number of nitrogens with one attached hydrogen (secondary N) is 1. The van der Waals surface area contributed by atoms with Gasteiger partial charge in [-0.05, 0) is 0 Å². The molecule has 0 atom stereocenters. The van der Waals surface area contributed by atoms with E-state index in [2.05, 4.69) is 42.8 Å². The van der Waals surface area contributed by atoms with Gasteiger partial charge in [0.25, 0.3) is 0 Å². The molecule has 0 spiro atoms. The average molecular weight is 276 g/mol. The Labute approximate surface area is 111 Å². The van der Waals surface area contributed by atoms with Gasteiger partial charge in [-0.15, -0.1) is 0 Å². The van der Waals surface area contributed by atoms with Gasteiger partial charge in [-0.2, -0.15) is 0 Å². The molecule has 1 aromatic heterocycles. The van der Waals surface area contributed by atoms with Crippen LogP contribution in [0.3, 0.4) is 0 Å². The minimum Gasteiger partial charge on any atom is -1.00 e. The van der Waals surface area contributed by atoms with E-state index in [1.54, 1.807) is 0 Å². The molecule has 0 unspecified atom stereocenters. The van der Waals surface area contributed by atoms with Crippen molar-refractivity contribution in [3.05, 3.63) is 52.1 Å². The van der Waals surface area contributed by atoms with Crippen LogP contribution in [0.5, 0.6) is 0 Å². The third kappa shape index (κ3) is 3.39. The van der Waals surface area contributed by atoms with Gasteiger partial charge < -0.3 is 24.8 Å². The molecule has 1 nitrogen and oxygen atoms in total. The molecule has 0 aromatic carbocycles. The first-order valence-corrected chi connectivity index (χ1v) is 5.82. The van der Waals surface area contributed by atoms with E-state index in [1.807, 2.05) is 6.20 Å². The smallest absolute Gasteiger partial charge is 1.00 e. The van der Waals surface area contributed by atoms with E-state index in [1.165, 1.54) is 19.0 Å². The van der Waals surface area contributed by atoms with Crippen molar-refractivity contribution in [1.82, 2.24) is 4.98 Å². The first-order chi connectivity index (χ1) is 6.27. The van der Waals surface area contributed by atoms with Crippen molar-refractivity contribution >= 4 is 4.00 Å². The van der Waals surface area contributed by atoms with Gasteiger partial charge in [0.1, 0.15) is 0 Å². The largest absolute Gasteiger partial charge is 1.00 e. The summed E-state index contributed by atoms with van der Waals surface area (Å²) in [6.45, 7) is 6.16. The molecule has 15 heavy (non-hydrogen) atoms. The summed E-state index contributed by atoms with van der Waals surface area (Å²) in [6.07, 6.45) is 8.36. The standard InChI is InChI=1S/C6H5.C5H6N.2ClH.Ti/c1-6-4-2-3-5-6;1-5-2-3-6-4-5;;;/h2-4H,1H2;2-3,6H,1H3;2*1H;/q;;;;+2/p-2. The van der Waals surface area contributed by atoms with Crippen molar-refractivity contribution in [2.45, 2.75) is 6.92 Å². The number of aryl methyl sites for hydroxylation is 1. The number of H-pyrrole nitrogens is 1. The minimum atomic E-state index is -0.197. The van der Waals surface area contributed by atoms with Gasteiger partial charge in [0, 0.05) is 0 Å². The van der Waals surface area contributed by atoms with Crippen molar-refractivity contribution in [3.63, 3.8) is 0 Å². The van der Waals surface area contributed by atoms with Crippen LogP contribution >= 0.6 is 0 Å². The van der Waals surface area contributed by atoms with Crippen molar-refractivity contribution in [2.75, 3.05) is 0 Å². The van der Waals surface area contributed by atoms with Crippen LogP contribution in [0.1, 0.15) is 5.56 Å². The predicted octanol–water partition coefficient (Wildman–Crippen LogP) is -3.95. The van der Waals surface area contributed by atoms with Crippen molar-refractivity contribution in [2.24, 2.45) is 0 Å². The molecule has 1 heterocycles. The number of aromatic nitrogens is 1. The van der Waals surface area contributed by atoms with E-state index in [0.717, 1.165) is 0 Å². The monoisotopic (exact) mass is 275 g/mol. The van der Waals surface area contributed by atoms with E-state index in [0.29, 0.717) is 0 Å². The molecule has 2 rings (SSSR count). The summed E-state index contributed by atoms with van der Waals surface area (Å²) >= 11 is -0.197. The Morgan fingerprint density at radius 1 is 1.33 bits per heavy atom. The molecule has 1 aliphatic rings. The molecule has 1 aliphatic carbocycles. The Morgan fingerprint density at radius 3 is 2.53 bits per heavy atom. The topological polar surface area (TPSA) is 15.8 Å². The van der Waals surface area contributed by atoms with Gasteiger partial charge >= 0.3 is 87.1 Å². The third-order valence-corrected chi connectivity index (χ3v) is 4.54. The van der Waals surface area contributed by atoms with Gasteiger partial charge in [0.15, 0.2) is 0 Å². The molecule has 0 fully saturated rings. The number of aromatic amines is 1. The van der Waals surface area contributed by atoms with E-state index < -0.39 is 0 Å². The van der Waals surface area contributed by atoms with Gasteiger partial charge in [0.2, 0.25) is 0 Å². The molecule has 1 aromatic rings. The van der Waals surface area contributed by atoms with Crippen molar-refractivity contribution in [1.29, 1.82) is 0 Å².